The standard InChI is InChI=1S/C21H22N2O2S2/c1-2-4-17-6-12-21(13-7-17)27(24,25)23-19-8-10-20(11-9-19)26-16-18-5-3-14-22-15-18/h3,5-15,23H,2,4,16H2,1H3. The van der Waals surface area contributed by atoms with Crippen LogP contribution in [0.2, 0.25) is 0 Å². The first-order valence-corrected chi connectivity index (χ1v) is 11.3. The molecule has 0 radical (unpaired) electrons. The number of pyridine rings is 1. The van der Waals surface area contributed by atoms with Crippen LogP contribution in [0.15, 0.2) is 82.8 Å². The van der Waals surface area contributed by atoms with Gasteiger partial charge in [0.25, 0.3) is 10.0 Å². The highest BCUT2D eigenvalue weighted by Gasteiger charge is 2.14. The summed E-state index contributed by atoms with van der Waals surface area (Å²) in [6.07, 6.45) is 5.59. The molecular formula is C21H22N2O2S2. The van der Waals surface area contributed by atoms with Gasteiger partial charge in [0.15, 0.2) is 0 Å². The molecule has 0 atom stereocenters. The number of rotatable bonds is 8. The van der Waals surface area contributed by atoms with Gasteiger partial charge in [-0.1, -0.05) is 31.5 Å². The number of nitrogens with zero attached hydrogens (tertiary/aromatic N) is 1. The fraction of sp³-hybridized carbons (Fsp3) is 0.190. The first-order chi connectivity index (χ1) is 13.1. The van der Waals surface area contributed by atoms with Crippen molar-refractivity contribution in [3.8, 4) is 0 Å². The smallest absolute Gasteiger partial charge is 0.261 e. The molecule has 1 N–H and O–H groups in total. The van der Waals surface area contributed by atoms with Crippen molar-refractivity contribution < 1.29 is 8.42 Å². The second-order valence-corrected chi connectivity index (χ2v) is 8.90. The van der Waals surface area contributed by atoms with Crippen molar-refractivity contribution in [2.45, 2.75) is 35.3 Å². The third-order valence-electron chi connectivity index (χ3n) is 4.01. The van der Waals surface area contributed by atoms with E-state index in [0.29, 0.717) is 5.69 Å². The molecule has 0 saturated carbocycles. The predicted molar refractivity (Wildman–Crippen MR) is 111 cm³/mol. The van der Waals surface area contributed by atoms with Gasteiger partial charge in [-0.05, 0) is 60.0 Å². The fourth-order valence-electron chi connectivity index (χ4n) is 2.61. The fourth-order valence-corrected chi connectivity index (χ4v) is 4.50. The number of nitrogens with one attached hydrogen (secondary N) is 1. The number of anilines is 1. The monoisotopic (exact) mass is 398 g/mol. The van der Waals surface area contributed by atoms with E-state index in [4.69, 9.17) is 0 Å². The summed E-state index contributed by atoms with van der Waals surface area (Å²) in [6.45, 7) is 2.10. The summed E-state index contributed by atoms with van der Waals surface area (Å²) in [5, 5.41) is 0. The zero-order valence-corrected chi connectivity index (χ0v) is 16.8. The summed E-state index contributed by atoms with van der Waals surface area (Å²) in [6, 6.07) is 18.4. The first kappa shape index (κ1) is 19.5. The van der Waals surface area contributed by atoms with Gasteiger partial charge in [-0.2, -0.15) is 0 Å². The molecule has 0 spiro atoms. The topological polar surface area (TPSA) is 59.1 Å². The largest absolute Gasteiger partial charge is 0.280 e. The molecule has 0 unspecified atom stereocenters. The Labute approximate surface area is 165 Å². The predicted octanol–water partition coefficient (Wildman–Crippen LogP) is 5.13. The second kappa shape index (κ2) is 9.06. The molecule has 0 amide bonds. The Morgan fingerprint density at radius 3 is 2.33 bits per heavy atom. The van der Waals surface area contributed by atoms with E-state index >= 15 is 0 Å². The van der Waals surface area contributed by atoms with Crippen molar-refractivity contribution in [3.05, 3.63) is 84.2 Å². The van der Waals surface area contributed by atoms with Gasteiger partial charge in [-0.3, -0.25) is 9.71 Å². The maximum Gasteiger partial charge on any atom is 0.261 e. The van der Waals surface area contributed by atoms with Gasteiger partial charge >= 0.3 is 0 Å². The third kappa shape index (κ3) is 5.58. The van der Waals surface area contributed by atoms with Gasteiger partial charge in [0.05, 0.1) is 4.90 Å². The highest BCUT2D eigenvalue weighted by molar-refractivity contribution is 7.98. The lowest BCUT2D eigenvalue weighted by molar-refractivity contribution is 0.601. The van der Waals surface area contributed by atoms with E-state index in [1.807, 2.05) is 42.6 Å². The van der Waals surface area contributed by atoms with Gasteiger partial charge in [0, 0.05) is 28.7 Å². The number of sulfonamides is 1. The molecule has 3 rings (SSSR count). The Hall–Kier alpha value is -2.31. The SMILES string of the molecule is CCCc1ccc(S(=O)(=O)Nc2ccc(SCc3cccnc3)cc2)cc1. The Morgan fingerprint density at radius 1 is 0.963 bits per heavy atom. The lowest BCUT2D eigenvalue weighted by Crippen LogP contribution is -2.12. The van der Waals surface area contributed by atoms with Crippen LogP contribution < -0.4 is 4.72 Å². The highest BCUT2D eigenvalue weighted by Crippen LogP contribution is 2.25. The van der Waals surface area contributed by atoms with Crippen molar-refractivity contribution in [1.82, 2.24) is 4.98 Å². The number of aryl methyl sites for hydroxylation is 1. The molecule has 27 heavy (non-hydrogen) atoms. The van der Waals surface area contributed by atoms with Crippen molar-refractivity contribution in [3.63, 3.8) is 0 Å². The molecule has 140 valence electrons. The molecule has 1 aromatic heterocycles. The van der Waals surface area contributed by atoms with Crippen molar-refractivity contribution in [2.75, 3.05) is 4.72 Å². The minimum Gasteiger partial charge on any atom is -0.280 e. The van der Waals surface area contributed by atoms with E-state index in [9.17, 15) is 8.42 Å². The molecule has 0 aliphatic carbocycles. The number of thioether (sulfide) groups is 1. The van der Waals surface area contributed by atoms with Crippen LogP contribution in [-0.2, 0) is 22.2 Å². The molecule has 2 aromatic carbocycles. The molecule has 6 heteroatoms. The minimum atomic E-state index is -3.58. The Kier molecular flexibility index (Phi) is 6.53. The van der Waals surface area contributed by atoms with Crippen LogP contribution >= 0.6 is 11.8 Å². The molecule has 0 bridgehead atoms. The van der Waals surface area contributed by atoms with Crippen LogP contribution in [0.4, 0.5) is 5.69 Å². The van der Waals surface area contributed by atoms with E-state index in [0.717, 1.165) is 34.6 Å². The normalized spacial score (nSPS) is 11.3. The van der Waals surface area contributed by atoms with Gasteiger partial charge in [0.2, 0.25) is 0 Å². The Balaban J connectivity index is 1.62. The number of hydrogen-bond donors (Lipinski definition) is 1. The van der Waals surface area contributed by atoms with Gasteiger partial charge in [-0.25, -0.2) is 8.42 Å². The Bertz CT molecular complexity index is 955. The molecule has 0 saturated heterocycles. The summed E-state index contributed by atoms with van der Waals surface area (Å²) in [7, 11) is -3.58. The maximum atomic E-state index is 12.5. The average molecular weight is 399 g/mol. The van der Waals surface area contributed by atoms with E-state index in [1.165, 1.54) is 0 Å². The van der Waals surface area contributed by atoms with E-state index in [1.54, 1.807) is 42.2 Å². The molecule has 4 nitrogen and oxygen atoms in total. The van der Waals surface area contributed by atoms with Crippen LogP contribution in [0.5, 0.6) is 0 Å². The maximum absolute atomic E-state index is 12.5. The zero-order valence-electron chi connectivity index (χ0n) is 15.1. The van der Waals surface area contributed by atoms with Crippen molar-refractivity contribution in [1.29, 1.82) is 0 Å². The second-order valence-electron chi connectivity index (χ2n) is 6.17. The van der Waals surface area contributed by atoms with Crippen LogP contribution in [0, 0.1) is 0 Å². The zero-order chi connectivity index (χ0) is 19.1. The number of aromatic nitrogens is 1. The van der Waals surface area contributed by atoms with Crippen LogP contribution in [0.3, 0.4) is 0 Å². The van der Waals surface area contributed by atoms with E-state index < -0.39 is 10.0 Å². The van der Waals surface area contributed by atoms with Crippen LogP contribution in [0.1, 0.15) is 24.5 Å². The van der Waals surface area contributed by atoms with Crippen molar-refractivity contribution >= 4 is 27.5 Å². The molecule has 1 heterocycles. The molecule has 0 fully saturated rings. The summed E-state index contributed by atoms with van der Waals surface area (Å²) >= 11 is 1.69. The Morgan fingerprint density at radius 2 is 1.70 bits per heavy atom. The van der Waals surface area contributed by atoms with Crippen LogP contribution in [0.25, 0.3) is 0 Å². The molecule has 0 aliphatic rings. The van der Waals surface area contributed by atoms with E-state index in [2.05, 4.69) is 16.6 Å². The third-order valence-corrected chi connectivity index (χ3v) is 6.49. The highest BCUT2D eigenvalue weighted by atomic mass is 32.2. The van der Waals surface area contributed by atoms with E-state index in [-0.39, 0.29) is 4.90 Å². The number of hydrogen-bond acceptors (Lipinski definition) is 4. The van der Waals surface area contributed by atoms with Gasteiger partial charge in [-0.15, -0.1) is 11.8 Å². The lowest BCUT2D eigenvalue weighted by atomic mass is 10.1. The molecular weight excluding hydrogens is 376 g/mol. The minimum absolute atomic E-state index is 0.275. The van der Waals surface area contributed by atoms with Crippen molar-refractivity contribution in [2.24, 2.45) is 0 Å². The van der Waals surface area contributed by atoms with Gasteiger partial charge < -0.3 is 0 Å². The average Bonchev–Trinajstić information content (AvgIpc) is 2.69. The van der Waals surface area contributed by atoms with Crippen LogP contribution in [-0.4, -0.2) is 13.4 Å². The molecule has 3 aromatic rings. The first-order valence-electron chi connectivity index (χ1n) is 8.80. The summed E-state index contributed by atoms with van der Waals surface area (Å²) in [4.78, 5) is 5.46. The summed E-state index contributed by atoms with van der Waals surface area (Å²) < 4.78 is 27.7. The summed E-state index contributed by atoms with van der Waals surface area (Å²) in [5.41, 5.74) is 2.85. The lowest BCUT2D eigenvalue weighted by Gasteiger charge is -2.09. The number of benzene rings is 2. The quantitative estimate of drug-likeness (QED) is 0.535. The van der Waals surface area contributed by atoms with Gasteiger partial charge in [0.1, 0.15) is 0 Å². The molecule has 0 aliphatic heterocycles. The summed E-state index contributed by atoms with van der Waals surface area (Å²) in [5.74, 6) is 0.822.